The molecule has 0 aliphatic rings. The van der Waals surface area contributed by atoms with Crippen molar-refractivity contribution in [1.82, 2.24) is 10.2 Å². The van der Waals surface area contributed by atoms with Crippen molar-refractivity contribution in [2.75, 3.05) is 26.2 Å². The smallest absolute Gasteiger partial charge is 0.124 e. The standard InChI is InChI=1S/C25H32N2O/c1-4-27(5-2)17-16-26-18-24-23-13-9-8-11-21(23)14-15-25(24)28-19-22-12-7-6-10-20(22)3/h6-15,26H,4-5,16-19H2,1-3H3. The second kappa shape index (κ2) is 10.3. The molecule has 0 atom stereocenters. The minimum atomic E-state index is 0.595. The Labute approximate surface area is 169 Å². The summed E-state index contributed by atoms with van der Waals surface area (Å²) in [6.45, 7) is 12.2. The largest absolute Gasteiger partial charge is 0.489 e. The molecular weight excluding hydrogens is 344 g/mol. The summed E-state index contributed by atoms with van der Waals surface area (Å²) in [4.78, 5) is 2.44. The molecule has 0 bridgehead atoms. The molecule has 0 aliphatic heterocycles. The third-order valence-corrected chi connectivity index (χ3v) is 5.44. The highest BCUT2D eigenvalue weighted by Gasteiger charge is 2.10. The molecule has 0 fully saturated rings. The fourth-order valence-corrected chi connectivity index (χ4v) is 3.55. The Morgan fingerprint density at radius 3 is 2.43 bits per heavy atom. The van der Waals surface area contributed by atoms with Crippen LogP contribution in [0.4, 0.5) is 0 Å². The van der Waals surface area contributed by atoms with Gasteiger partial charge in [0.25, 0.3) is 0 Å². The van der Waals surface area contributed by atoms with Gasteiger partial charge in [0.05, 0.1) is 0 Å². The first-order valence-electron chi connectivity index (χ1n) is 10.3. The van der Waals surface area contributed by atoms with E-state index in [2.05, 4.69) is 91.7 Å². The lowest BCUT2D eigenvalue weighted by Crippen LogP contribution is -2.31. The molecule has 3 nitrogen and oxygen atoms in total. The molecule has 28 heavy (non-hydrogen) atoms. The van der Waals surface area contributed by atoms with Crippen molar-refractivity contribution in [3.8, 4) is 5.75 Å². The van der Waals surface area contributed by atoms with Gasteiger partial charge in [-0.05, 0) is 48.0 Å². The van der Waals surface area contributed by atoms with Gasteiger partial charge in [-0.25, -0.2) is 0 Å². The van der Waals surface area contributed by atoms with Crippen LogP contribution in [0.3, 0.4) is 0 Å². The molecule has 0 spiro atoms. The van der Waals surface area contributed by atoms with Crippen molar-refractivity contribution in [2.45, 2.75) is 33.9 Å². The molecule has 3 rings (SSSR count). The Hall–Kier alpha value is -2.36. The lowest BCUT2D eigenvalue weighted by atomic mass is 10.0. The molecule has 0 heterocycles. The van der Waals surface area contributed by atoms with E-state index in [0.29, 0.717) is 6.61 Å². The molecule has 0 saturated heterocycles. The van der Waals surface area contributed by atoms with Crippen molar-refractivity contribution < 1.29 is 4.74 Å². The Morgan fingerprint density at radius 2 is 1.64 bits per heavy atom. The second-order valence-electron chi connectivity index (χ2n) is 7.18. The Balaban J connectivity index is 1.75. The number of hydrogen-bond acceptors (Lipinski definition) is 3. The number of nitrogens with one attached hydrogen (secondary N) is 1. The van der Waals surface area contributed by atoms with Gasteiger partial charge in [-0.2, -0.15) is 0 Å². The number of aryl methyl sites for hydroxylation is 1. The maximum absolute atomic E-state index is 6.28. The average molecular weight is 377 g/mol. The van der Waals surface area contributed by atoms with Gasteiger partial charge in [0.2, 0.25) is 0 Å². The Kier molecular flexibility index (Phi) is 7.46. The minimum Gasteiger partial charge on any atom is -0.489 e. The molecule has 3 heteroatoms. The first kappa shape index (κ1) is 20.4. The van der Waals surface area contributed by atoms with Gasteiger partial charge in [-0.1, -0.05) is 68.4 Å². The van der Waals surface area contributed by atoms with Gasteiger partial charge < -0.3 is 15.0 Å². The van der Waals surface area contributed by atoms with E-state index in [9.17, 15) is 0 Å². The Morgan fingerprint density at radius 1 is 0.893 bits per heavy atom. The van der Waals surface area contributed by atoms with Crippen LogP contribution in [0.1, 0.15) is 30.5 Å². The van der Waals surface area contributed by atoms with E-state index in [1.807, 2.05) is 0 Å². The summed E-state index contributed by atoms with van der Waals surface area (Å²) in [6.07, 6.45) is 0. The van der Waals surface area contributed by atoms with Crippen LogP contribution in [0.5, 0.6) is 5.75 Å². The summed E-state index contributed by atoms with van der Waals surface area (Å²) in [6, 6.07) is 21.2. The maximum atomic E-state index is 6.28. The predicted molar refractivity (Wildman–Crippen MR) is 119 cm³/mol. The summed E-state index contributed by atoms with van der Waals surface area (Å²) in [5, 5.41) is 6.14. The summed E-state index contributed by atoms with van der Waals surface area (Å²) < 4.78 is 6.28. The van der Waals surface area contributed by atoms with Gasteiger partial charge in [-0.3, -0.25) is 0 Å². The second-order valence-corrected chi connectivity index (χ2v) is 7.18. The van der Waals surface area contributed by atoms with E-state index >= 15 is 0 Å². The molecule has 0 saturated carbocycles. The van der Waals surface area contributed by atoms with Crippen molar-refractivity contribution >= 4 is 10.8 Å². The van der Waals surface area contributed by atoms with Crippen molar-refractivity contribution in [3.05, 3.63) is 77.4 Å². The van der Waals surface area contributed by atoms with E-state index in [0.717, 1.165) is 38.5 Å². The third-order valence-electron chi connectivity index (χ3n) is 5.44. The highest BCUT2D eigenvalue weighted by atomic mass is 16.5. The molecule has 0 amide bonds. The van der Waals surface area contributed by atoms with Gasteiger partial charge >= 0.3 is 0 Å². The normalized spacial score (nSPS) is 11.3. The highest BCUT2D eigenvalue weighted by molar-refractivity contribution is 5.87. The maximum Gasteiger partial charge on any atom is 0.124 e. The topological polar surface area (TPSA) is 24.5 Å². The SMILES string of the molecule is CCN(CC)CCNCc1c(OCc2ccccc2C)ccc2ccccc12. The van der Waals surface area contributed by atoms with Crippen LogP contribution < -0.4 is 10.1 Å². The zero-order valence-corrected chi connectivity index (χ0v) is 17.4. The number of rotatable bonds is 10. The summed E-state index contributed by atoms with van der Waals surface area (Å²) >= 11 is 0. The van der Waals surface area contributed by atoms with Gasteiger partial charge in [0, 0.05) is 25.2 Å². The van der Waals surface area contributed by atoms with E-state index in [-0.39, 0.29) is 0 Å². The number of hydrogen-bond donors (Lipinski definition) is 1. The van der Waals surface area contributed by atoms with E-state index in [4.69, 9.17) is 4.74 Å². The zero-order chi connectivity index (χ0) is 19.8. The van der Waals surface area contributed by atoms with Crippen molar-refractivity contribution in [1.29, 1.82) is 0 Å². The van der Waals surface area contributed by atoms with E-state index in [1.165, 1.54) is 27.5 Å². The van der Waals surface area contributed by atoms with Gasteiger partial charge in [-0.15, -0.1) is 0 Å². The number of ether oxygens (including phenoxy) is 1. The lowest BCUT2D eigenvalue weighted by molar-refractivity contribution is 0.296. The third kappa shape index (κ3) is 5.12. The minimum absolute atomic E-state index is 0.595. The molecule has 3 aromatic carbocycles. The van der Waals surface area contributed by atoms with Crippen LogP contribution in [0.15, 0.2) is 60.7 Å². The molecule has 1 N–H and O–H groups in total. The fourth-order valence-electron chi connectivity index (χ4n) is 3.55. The number of benzene rings is 3. The van der Waals surface area contributed by atoms with Crippen molar-refractivity contribution in [2.24, 2.45) is 0 Å². The van der Waals surface area contributed by atoms with E-state index < -0.39 is 0 Å². The first-order valence-corrected chi connectivity index (χ1v) is 10.3. The number of likely N-dealkylation sites (N-methyl/N-ethyl adjacent to an activating group) is 1. The number of fused-ring (bicyclic) bond motifs is 1. The monoisotopic (exact) mass is 376 g/mol. The van der Waals surface area contributed by atoms with Gasteiger partial charge in [0.1, 0.15) is 12.4 Å². The molecule has 0 aromatic heterocycles. The van der Waals surface area contributed by atoms with Crippen LogP contribution in [-0.4, -0.2) is 31.1 Å². The first-order chi connectivity index (χ1) is 13.7. The predicted octanol–water partition coefficient (Wildman–Crippen LogP) is 5.16. The van der Waals surface area contributed by atoms with Gasteiger partial charge in [0.15, 0.2) is 0 Å². The van der Waals surface area contributed by atoms with E-state index in [1.54, 1.807) is 0 Å². The van der Waals surface area contributed by atoms with Crippen LogP contribution in [0, 0.1) is 6.92 Å². The summed E-state index contributed by atoms with van der Waals surface area (Å²) in [5.74, 6) is 0.970. The zero-order valence-electron chi connectivity index (χ0n) is 17.4. The van der Waals surface area contributed by atoms with Crippen LogP contribution in [0.2, 0.25) is 0 Å². The summed E-state index contributed by atoms with van der Waals surface area (Å²) in [7, 11) is 0. The molecule has 148 valence electrons. The quantitative estimate of drug-likeness (QED) is 0.495. The summed E-state index contributed by atoms with van der Waals surface area (Å²) in [5.41, 5.74) is 3.74. The van der Waals surface area contributed by atoms with Crippen molar-refractivity contribution in [3.63, 3.8) is 0 Å². The fraction of sp³-hybridized carbons (Fsp3) is 0.360. The molecule has 0 aliphatic carbocycles. The van der Waals surface area contributed by atoms with Crippen LogP contribution >= 0.6 is 0 Å². The Bertz CT molecular complexity index is 887. The molecule has 0 radical (unpaired) electrons. The highest BCUT2D eigenvalue weighted by Crippen LogP contribution is 2.29. The molecular formula is C25H32N2O. The molecule has 3 aromatic rings. The molecule has 0 unspecified atom stereocenters. The average Bonchev–Trinajstić information content (AvgIpc) is 2.73. The van der Waals surface area contributed by atoms with Crippen LogP contribution in [-0.2, 0) is 13.2 Å². The van der Waals surface area contributed by atoms with Crippen LogP contribution in [0.25, 0.3) is 10.8 Å². The lowest BCUT2D eigenvalue weighted by Gasteiger charge is -2.19. The number of nitrogens with zero attached hydrogens (tertiary/aromatic N) is 1.